The molecule has 0 amide bonds. The lowest BCUT2D eigenvalue weighted by Gasteiger charge is -2.24. The smallest absolute Gasteiger partial charge is 0.268 e. The van der Waals surface area contributed by atoms with E-state index in [2.05, 4.69) is 21.7 Å². The Kier molecular flexibility index (Phi) is 2.39. The van der Waals surface area contributed by atoms with Crippen molar-refractivity contribution in [1.82, 2.24) is 14.7 Å². The molecular formula is C12H19N3O. The third-order valence-electron chi connectivity index (χ3n) is 3.98. The number of nitrogens with zero attached hydrogens (tertiary/aromatic N) is 2. The Hall–Kier alpha value is -1.03. The molecule has 2 heterocycles. The molecule has 1 saturated carbocycles. The molecule has 0 bridgehead atoms. The van der Waals surface area contributed by atoms with Gasteiger partial charge in [0.2, 0.25) is 0 Å². The van der Waals surface area contributed by atoms with Crippen LogP contribution in [0.3, 0.4) is 0 Å². The molecule has 1 fully saturated rings. The summed E-state index contributed by atoms with van der Waals surface area (Å²) in [6.45, 7) is 1.88. The average molecular weight is 221 g/mol. The van der Waals surface area contributed by atoms with Gasteiger partial charge in [0.15, 0.2) is 0 Å². The summed E-state index contributed by atoms with van der Waals surface area (Å²) in [5, 5.41) is 3.05. The second-order valence-corrected chi connectivity index (χ2v) is 5.16. The van der Waals surface area contributed by atoms with E-state index in [1.165, 1.54) is 31.4 Å². The summed E-state index contributed by atoms with van der Waals surface area (Å²) in [6, 6.07) is 0.555. The normalized spacial score (nSPS) is 22.6. The molecule has 0 radical (unpaired) electrons. The maximum atomic E-state index is 11.9. The molecule has 2 aliphatic rings. The molecule has 1 aromatic rings. The van der Waals surface area contributed by atoms with Crippen molar-refractivity contribution in [2.75, 3.05) is 13.6 Å². The highest BCUT2D eigenvalue weighted by Gasteiger charge is 2.26. The maximum Gasteiger partial charge on any atom is 0.268 e. The van der Waals surface area contributed by atoms with Crippen LogP contribution in [0, 0.1) is 0 Å². The molecule has 1 aliphatic heterocycles. The maximum absolute atomic E-state index is 11.9. The van der Waals surface area contributed by atoms with E-state index in [0.717, 1.165) is 25.1 Å². The molecule has 0 aromatic carbocycles. The van der Waals surface area contributed by atoms with Gasteiger partial charge in [0.1, 0.15) is 0 Å². The molecule has 0 saturated heterocycles. The van der Waals surface area contributed by atoms with Crippen molar-refractivity contribution < 1.29 is 0 Å². The fourth-order valence-electron chi connectivity index (χ4n) is 3.08. The van der Waals surface area contributed by atoms with Gasteiger partial charge in [-0.1, -0.05) is 12.8 Å². The van der Waals surface area contributed by atoms with E-state index in [-0.39, 0.29) is 5.56 Å². The highest BCUT2D eigenvalue weighted by molar-refractivity contribution is 5.21. The average Bonchev–Trinajstić information content (AvgIpc) is 2.87. The Bertz CT molecular complexity index is 440. The lowest BCUT2D eigenvalue weighted by Crippen LogP contribution is -2.29. The minimum Gasteiger partial charge on any atom is -0.301 e. The van der Waals surface area contributed by atoms with Gasteiger partial charge in [0, 0.05) is 25.2 Å². The van der Waals surface area contributed by atoms with Gasteiger partial charge < -0.3 is 4.90 Å². The summed E-state index contributed by atoms with van der Waals surface area (Å²) in [5.74, 6) is 0. The first-order valence-electron chi connectivity index (χ1n) is 6.26. The number of aromatic amines is 1. The summed E-state index contributed by atoms with van der Waals surface area (Å²) < 4.78 is 2.18. The zero-order valence-electron chi connectivity index (χ0n) is 9.83. The zero-order valence-corrected chi connectivity index (χ0v) is 9.83. The van der Waals surface area contributed by atoms with E-state index in [1.54, 1.807) is 0 Å². The van der Waals surface area contributed by atoms with Gasteiger partial charge in [-0.2, -0.15) is 0 Å². The summed E-state index contributed by atoms with van der Waals surface area (Å²) in [4.78, 5) is 14.1. The van der Waals surface area contributed by atoms with Crippen LogP contribution in [-0.2, 0) is 13.0 Å². The van der Waals surface area contributed by atoms with E-state index < -0.39 is 0 Å². The van der Waals surface area contributed by atoms with Gasteiger partial charge in [0.25, 0.3) is 5.56 Å². The second kappa shape index (κ2) is 3.77. The van der Waals surface area contributed by atoms with Crippen molar-refractivity contribution in [1.29, 1.82) is 0 Å². The van der Waals surface area contributed by atoms with Crippen molar-refractivity contribution in [3.05, 3.63) is 21.6 Å². The molecule has 88 valence electrons. The topological polar surface area (TPSA) is 41.0 Å². The molecular weight excluding hydrogens is 202 g/mol. The predicted octanol–water partition coefficient (Wildman–Crippen LogP) is 1.28. The van der Waals surface area contributed by atoms with Gasteiger partial charge in [-0.05, 0) is 19.9 Å². The van der Waals surface area contributed by atoms with Crippen LogP contribution in [0.1, 0.15) is 43.0 Å². The number of hydrogen-bond donors (Lipinski definition) is 1. The van der Waals surface area contributed by atoms with Gasteiger partial charge in [-0.15, -0.1) is 0 Å². The largest absolute Gasteiger partial charge is 0.301 e. The first kappa shape index (κ1) is 10.1. The molecule has 16 heavy (non-hydrogen) atoms. The number of H-pyrrole nitrogens is 1. The van der Waals surface area contributed by atoms with Crippen LogP contribution in [-0.4, -0.2) is 28.3 Å². The number of hydrogen-bond acceptors (Lipinski definition) is 2. The van der Waals surface area contributed by atoms with Crippen LogP contribution in [0.5, 0.6) is 0 Å². The van der Waals surface area contributed by atoms with Crippen LogP contribution in [0.2, 0.25) is 0 Å². The van der Waals surface area contributed by atoms with Crippen LogP contribution in [0.4, 0.5) is 0 Å². The molecule has 0 unspecified atom stereocenters. The monoisotopic (exact) mass is 221 g/mol. The van der Waals surface area contributed by atoms with E-state index >= 15 is 0 Å². The van der Waals surface area contributed by atoms with Gasteiger partial charge >= 0.3 is 0 Å². The lowest BCUT2D eigenvalue weighted by atomic mass is 10.1. The highest BCUT2D eigenvalue weighted by atomic mass is 16.1. The second-order valence-electron chi connectivity index (χ2n) is 5.16. The summed E-state index contributed by atoms with van der Waals surface area (Å²) >= 11 is 0. The van der Waals surface area contributed by atoms with Crippen molar-refractivity contribution in [3.63, 3.8) is 0 Å². The van der Waals surface area contributed by atoms with Gasteiger partial charge in [0.05, 0.1) is 11.6 Å². The molecule has 3 rings (SSSR count). The Morgan fingerprint density at radius 3 is 2.81 bits per heavy atom. The van der Waals surface area contributed by atoms with Gasteiger partial charge in [-0.25, -0.2) is 0 Å². The Labute approximate surface area is 95.2 Å². The Morgan fingerprint density at radius 1 is 1.31 bits per heavy atom. The fraction of sp³-hybridized carbons (Fsp3) is 0.750. The quantitative estimate of drug-likeness (QED) is 0.776. The lowest BCUT2D eigenvalue weighted by molar-refractivity contribution is 0.303. The van der Waals surface area contributed by atoms with E-state index in [4.69, 9.17) is 0 Å². The number of fused-ring (bicyclic) bond motifs is 1. The zero-order chi connectivity index (χ0) is 11.1. The number of nitrogens with one attached hydrogen (secondary N) is 1. The number of rotatable bonds is 1. The van der Waals surface area contributed by atoms with Crippen LogP contribution in [0.15, 0.2) is 4.79 Å². The molecule has 0 atom stereocenters. The number of aromatic nitrogens is 2. The molecule has 4 nitrogen and oxygen atoms in total. The van der Waals surface area contributed by atoms with Crippen molar-refractivity contribution in [2.24, 2.45) is 0 Å². The van der Waals surface area contributed by atoms with Crippen LogP contribution < -0.4 is 5.56 Å². The standard InChI is InChI=1S/C12H19N3O/c1-14-7-6-11-10(8-14)12(16)13-15(11)9-4-2-3-5-9/h9H,2-8H2,1H3,(H,13,16). The Morgan fingerprint density at radius 2 is 2.06 bits per heavy atom. The molecule has 1 aromatic heterocycles. The third kappa shape index (κ3) is 1.52. The molecule has 0 spiro atoms. The van der Waals surface area contributed by atoms with Crippen LogP contribution in [0.25, 0.3) is 0 Å². The van der Waals surface area contributed by atoms with Gasteiger partial charge in [-0.3, -0.25) is 14.6 Å². The highest BCUT2D eigenvalue weighted by Crippen LogP contribution is 2.31. The summed E-state index contributed by atoms with van der Waals surface area (Å²) in [5.41, 5.74) is 2.41. The molecule has 1 N–H and O–H groups in total. The molecule has 1 aliphatic carbocycles. The van der Waals surface area contributed by atoms with Crippen molar-refractivity contribution in [2.45, 2.75) is 44.7 Å². The summed E-state index contributed by atoms with van der Waals surface area (Å²) in [7, 11) is 2.08. The van der Waals surface area contributed by atoms with E-state index in [9.17, 15) is 4.79 Å². The Balaban J connectivity index is 2.00. The minimum absolute atomic E-state index is 0.133. The van der Waals surface area contributed by atoms with Crippen molar-refractivity contribution in [3.8, 4) is 0 Å². The fourth-order valence-corrected chi connectivity index (χ4v) is 3.08. The van der Waals surface area contributed by atoms with E-state index in [0.29, 0.717) is 6.04 Å². The minimum atomic E-state index is 0.133. The van der Waals surface area contributed by atoms with Crippen molar-refractivity contribution >= 4 is 0 Å². The third-order valence-corrected chi connectivity index (χ3v) is 3.98. The first-order valence-corrected chi connectivity index (χ1v) is 6.26. The predicted molar refractivity (Wildman–Crippen MR) is 62.6 cm³/mol. The molecule has 4 heteroatoms. The first-order chi connectivity index (χ1) is 7.75. The van der Waals surface area contributed by atoms with E-state index in [1.807, 2.05) is 0 Å². The SMILES string of the molecule is CN1CCc2c(c(=O)[nH]n2C2CCCC2)C1. The summed E-state index contributed by atoms with van der Waals surface area (Å²) in [6.07, 6.45) is 6.08. The number of likely N-dealkylation sites (N-methyl/N-ethyl adjacent to an activating group) is 1. The van der Waals surface area contributed by atoms with Crippen LogP contribution >= 0.6 is 0 Å².